The van der Waals surface area contributed by atoms with E-state index < -0.39 is 0 Å². The van der Waals surface area contributed by atoms with Gasteiger partial charge in [-0.25, -0.2) is 0 Å². The van der Waals surface area contributed by atoms with Gasteiger partial charge in [-0.05, 0) is 5.41 Å². The average Bonchev–Trinajstić information content (AvgIpc) is 2.14. The SMILES string of the molecule is CC(C)(C)C/N=C(\Cl)c1ccccc1. The van der Waals surface area contributed by atoms with Crippen molar-refractivity contribution in [3.63, 3.8) is 0 Å². The van der Waals surface area contributed by atoms with Gasteiger partial charge in [-0.1, -0.05) is 62.7 Å². The number of hydrogen-bond donors (Lipinski definition) is 0. The summed E-state index contributed by atoms with van der Waals surface area (Å²) in [6.07, 6.45) is 0. The highest BCUT2D eigenvalue weighted by molar-refractivity contribution is 6.69. The Kier molecular flexibility index (Phi) is 3.70. The Hall–Kier alpha value is -0.820. The van der Waals surface area contributed by atoms with Crippen LogP contribution in [0.4, 0.5) is 0 Å². The predicted octanol–water partition coefficient (Wildman–Crippen LogP) is 3.72. The van der Waals surface area contributed by atoms with E-state index in [-0.39, 0.29) is 5.41 Å². The molecule has 0 unspecified atom stereocenters. The second-order valence-corrected chi connectivity index (χ2v) is 4.89. The van der Waals surface area contributed by atoms with Crippen LogP contribution in [0.2, 0.25) is 0 Å². The molecule has 0 saturated carbocycles. The molecule has 0 spiro atoms. The number of benzene rings is 1. The van der Waals surface area contributed by atoms with Crippen LogP contribution in [0.15, 0.2) is 35.3 Å². The second-order valence-electron chi connectivity index (χ2n) is 4.53. The van der Waals surface area contributed by atoms with E-state index in [1.54, 1.807) is 0 Å². The fourth-order valence-electron chi connectivity index (χ4n) is 0.974. The Morgan fingerprint density at radius 1 is 1.21 bits per heavy atom. The van der Waals surface area contributed by atoms with E-state index in [1.165, 1.54) is 0 Å². The summed E-state index contributed by atoms with van der Waals surface area (Å²) >= 11 is 6.06. The van der Waals surface area contributed by atoms with E-state index in [9.17, 15) is 0 Å². The van der Waals surface area contributed by atoms with Crippen molar-refractivity contribution in [3.8, 4) is 0 Å². The Bertz CT molecular complexity index is 309. The van der Waals surface area contributed by atoms with Gasteiger partial charge < -0.3 is 0 Å². The third-order valence-electron chi connectivity index (χ3n) is 1.70. The van der Waals surface area contributed by atoms with Crippen LogP contribution in [0.5, 0.6) is 0 Å². The molecule has 1 rings (SSSR count). The molecule has 0 amide bonds. The van der Waals surface area contributed by atoms with Crippen LogP contribution < -0.4 is 0 Å². The molecular formula is C12H16ClN. The standard InChI is InChI=1S/C12H16ClN/c1-12(2,3)9-14-11(13)10-7-5-4-6-8-10/h4-8H,9H2,1-3H3/b14-11-. The summed E-state index contributed by atoms with van der Waals surface area (Å²) in [7, 11) is 0. The lowest BCUT2D eigenvalue weighted by atomic mass is 9.97. The summed E-state index contributed by atoms with van der Waals surface area (Å²) in [5, 5.41) is 0.598. The van der Waals surface area contributed by atoms with E-state index >= 15 is 0 Å². The van der Waals surface area contributed by atoms with Gasteiger partial charge in [0.1, 0.15) is 5.17 Å². The molecular weight excluding hydrogens is 194 g/mol. The Balaban J connectivity index is 2.71. The largest absolute Gasteiger partial charge is 0.272 e. The fraction of sp³-hybridized carbons (Fsp3) is 0.417. The number of aliphatic imine (C=N–C) groups is 1. The molecule has 76 valence electrons. The minimum absolute atomic E-state index is 0.189. The molecule has 0 fully saturated rings. The van der Waals surface area contributed by atoms with Crippen molar-refractivity contribution in [1.29, 1.82) is 0 Å². The Morgan fingerprint density at radius 2 is 1.79 bits per heavy atom. The van der Waals surface area contributed by atoms with Gasteiger partial charge in [-0.3, -0.25) is 4.99 Å². The van der Waals surface area contributed by atoms with Crippen LogP contribution in [0, 0.1) is 5.41 Å². The maximum Gasteiger partial charge on any atom is 0.130 e. The first-order valence-corrected chi connectivity index (χ1v) is 5.12. The monoisotopic (exact) mass is 209 g/mol. The van der Waals surface area contributed by atoms with E-state index in [4.69, 9.17) is 11.6 Å². The molecule has 0 heterocycles. The maximum atomic E-state index is 6.06. The lowest BCUT2D eigenvalue weighted by Crippen LogP contribution is -2.10. The van der Waals surface area contributed by atoms with Crippen LogP contribution in [0.3, 0.4) is 0 Å². The highest BCUT2D eigenvalue weighted by Crippen LogP contribution is 2.14. The zero-order chi connectivity index (χ0) is 10.6. The molecule has 2 heteroatoms. The smallest absolute Gasteiger partial charge is 0.130 e. The summed E-state index contributed by atoms with van der Waals surface area (Å²) in [4.78, 5) is 4.35. The molecule has 0 N–H and O–H groups in total. The summed E-state index contributed by atoms with van der Waals surface area (Å²) in [5.41, 5.74) is 1.17. The van der Waals surface area contributed by atoms with Crippen molar-refractivity contribution < 1.29 is 0 Å². The van der Waals surface area contributed by atoms with Gasteiger partial charge in [-0.2, -0.15) is 0 Å². The third kappa shape index (κ3) is 3.93. The molecule has 0 aromatic heterocycles. The van der Waals surface area contributed by atoms with Crippen LogP contribution in [-0.2, 0) is 0 Å². The Morgan fingerprint density at radius 3 is 2.29 bits per heavy atom. The normalized spacial score (nSPS) is 13.0. The maximum absolute atomic E-state index is 6.06. The first kappa shape index (κ1) is 11.3. The van der Waals surface area contributed by atoms with Crippen molar-refractivity contribution in [1.82, 2.24) is 0 Å². The highest BCUT2D eigenvalue weighted by Gasteiger charge is 2.09. The second kappa shape index (κ2) is 4.61. The summed E-state index contributed by atoms with van der Waals surface area (Å²) in [6, 6.07) is 9.83. The van der Waals surface area contributed by atoms with Crippen molar-refractivity contribution in [3.05, 3.63) is 35.9 Å². The summed E-state index contributed by atoms with van der Waals surface area (Å²) in [5.74, 6) is 0. The predicted molar refractivity (Wildman–Crippen MR) is 63.2 cm³/mol. The average molecular weight is 210 g/mol. The van der Waals surface area contributed by atoms with Gasteiger partial charge in [-0.15, -0.1) is 0 Å². The van der Waals surface area contributed by atoms with Crippen LogP contribution >= 0.6 is 11.6 Å². The van der Waals surface area contributed by atoms with Gasteiger partial charge >= 0.3 is 0 Å². The van der Waals surface area contributed by atoms with Crippen molar-refractivity contribution in [2.24, 2.45) is 10.4 Å². The molecule has 1 aromatic carbocycles. The van der Waals surface area contributed by atoms with Crippen molar-refractivity contribution >= 4 is 16.8 Å². The van der Waals surface area contributed by atoms with Gasteiger partial charge in [0.25, 0.3) is 0 Å². The van der Waals surface area contributed by atoms with Gasteiger partial charge in [0.15, 0.2) is 0 Å². The highest BCUT2D eigenvalue weighted by atomic mass is 35.5. The lowest BCUT2D eigenvalue weighted by Gasteiger charge is -2.14. The number of halogens is 1. The molecule has 14 heavy (non-hydrogen) atoms. The number of hydrogen-bond acceptors (Lipinski definition) is 1. The summed E-state index contributed by atoms with van der Waals surface area (Å²) < 4.78 is 0. The molecule has 1 aromatic rings. The molecule has 0 aliphatic rings. The molecule has 0 radical (unpaired) electrons. The minimum atomic E-state index is 0.189. The van der Waals surface area contributed by atoms with E-state index in [1.807, 2.05) is 30.3 Å². The number of nitrogens with zero attached hydrogens (tertiary/aromatic N) is 1. The first-order valence-electron chi connectivity index (χ1n) is 4.74. The minimum Gasteiger partial charge on any atom is -0.272 e. The zero-order valence-corrected chi connectivity index (χ0v) is 9.67. The van der Waals surface area contributed by atoms with Crippen molar-refractivity contribution in [2.45, 2.75) is 20.8 Å². The zero-order valence-electron chi connectivity index (χ0n) is 8.92. The third-order valence-corrected chi connectivity index (χ3v) is 2.04. The molecule has 1 nitrogen and oxygen atoms in total. The quantitative estimate of drug-likeness (QED) is 0.659. The fourth-order valence-corrected chi connectivity index (χ4v) is 1.16. The van der Waals surface area contributed by atoms with Crippen molar-refractivity contribution in [2.75, 3.05) is 6.54 Å². The van der Waals surface area contributed by atoms with Crippen LogP contribution in [0.25, 0.3) is 0 Å². The van der Waals surface area contributed by atoms with Gasteiger partial charge in [0, 0.05) is 12.1 Å². The van der Waals surface area contributed by atoms with Gasteiger partial charge in [0.2, 0.25) is 0 Å². The molecule has 0 bridgehead atoms. The molecule has 0 saturated heterocycles. The van der Waals surface area contributed by atoms with E-state index in [0.717, 1.165) is 12.1 Å². The summed E-state index contributed by atoms with van der Waals surface area (Å²) in [6.45, 7) is 7.18. The Labute approximate surface area is 90.8 Å². The number of rotatable bonds is 2. The molecule has 0 aliphatic heterocycles. The van der Waals surface area contributed by atoms with Gasteiger partial charge in [0.05, 0.1) is 0 Å². The van der Waals surface area contributed by atoms with E-state index in [2.05, 4.69) is 25.8 Å². The molecule has 0 aliphatic carbocycles. The van der Waals surface area contributed by atoms with Crippen LogP contribution in [0.1, 0.15) is 26.3 Å². The topological polar surface area (TPSA) is 12.4 Å². The van der Waals surface area contributed by atoms with Crippen LogP contribution in [-0.4, -0.2) is 11.7 Å². The van der Waals surface area contributed by atoms with E-state index in [0.29, 0.717) is 5.17 Å². The lowest BCUT2D eigenvalue weighted by molar-refractivity contribution is 0.430. The molecule has 0 atom stereocenters. The first-order chi connectivity index (χ1) is 6.49.